The summed E-state index contributed by atoms with van der Waals surface area (Å²) in [6.45, 7) is 6.57. The van der Waals surface area contributed by atoms with Gasteiger partial charge in [0, 0.05) is 25.0 Å². The van der Waals surface area contributed by atoms with Crippen molar-refractivity contribution in [3.05, 3.63) is 53.9 Å². The van der Waals surface area contributed by atoms with Gasteiger partial charge in [0.1, 0.15) is 0 Å². The third kappa shape index (κ3) is 3.05. The quantitative estimate of drug-likeness (QED) is 0.907. The topological polar surface area (TPSA) is 42.0 Å². The first kappa shape index (κ1) is 14.3. The van der Waals surface area contributed by atoms with Gasteiger partial charge >= 0.3 is 0 Å². The summed E-state index contributed by atoms with van der Waals surface area (Å²) in [5.74, 6) is -0.120. The van der Waals surface area contributed by atoms with Gasteiger partial charge in [-0.05, 0) is 22.6 Å². The van der Waals surface area contributed by atoms with E-state index in [1.807, 2.05) is 6.07 Å². The van der Waals surface area contributed by atoms with Crippen LogP contribution in [0, 0.1) is 0 Å². The van der Waals surface area contributed by atoms with E-state index in [9.17, 15) is 4.79 Å². The molecule has 2 aromatic rings. The van der Waals surface area contributed by atoms with E-state index in [4.69, 9.17) is 0 Å². The fourth-order valence-electron chi connectivity index (χ4n) is 2.03. The average Bonchev–Trinajstić information content (AvgIpc) is 2.46. The highest BCUT2D eigenvalue weighted by molar-refractivity contribution is 5.94. The van der Waals surface area contributed by atoms with Crippen LogP contribution >= 0.6 is 0 Å². The zero-order valence-electron chi connectivity index (χ0n) is 12.4. The minimum Gasteiger partial charge on any atom is -0.355 e. The fraction of sp³-hybridized carbons (Fsp3) is 0.294. The standard InChI is InChI=1S/C17H20N2O/c1-17(2,3)15-7-5-12(6-8-15)13-9-14(11-19-10-13)16(20)18-4/h5-11H,1-4H3,(H,18,20). The molecule has 0 radical (unpaired) electrons. The van der Waals surface area contributed by atoms with Crippen LogP contribution in [0.25, 0.3) is 11.1 Å². The number of carbonyl (C=O) groups excluding carboxylic acids is 1. The van der Waals surface area contributed by atoms with Crippen LogP contribution in [0.1, 0.15) is 36.7 Å². The molecule has 1 aromatic heterocycles. The van der Waals surface area contributed by atoms with Crippen molar-refractivity contribution in [3.63, 3.8) is 0 Å². The maximum atomic E-state index is 11.6. The number of hydrogen-bond donors (Lipinski definition) is 1. The SMILES string of the molecule is CNC(=O)c1cncc(-c2ccc(C(C)(C)C)cc2)c1. The van der Waals surface area contributed by atoms with E-state index >= 15 is 0 Å². The third-order valence-electron chi connectivity index (χ3n) is 3.31. The molecule has 1 heterocycles. The largest absolute Gasteiger partial charge is 0.355 e. The molecule has 20 heavy (non-hydrogen) atoms. The summed E-state index contributed by atoms with van der Waals surface area (Å²) in [7, 11) is 1.62. The normalized spacial score (nSPS) is 11.2. The van der Waals surface area contributed by atoms with Gasteiger partial charge in [-0.2, -0.15) is 0 Å². The van der Waals surface area contributed by atoms with Crippen molar-refractivity contribution in [1.82, 2.24) is 10.3 Å². The summed E-state index contributed by atoms with van der Waals surface area (Å²) in [5, 5.41) is 2.61. The van der Waals surface area contributed by atoms with Crippen molar-refractivity contribution in [2.24, 2.45) is 0 Å². The molecule has 0 saturated carbocycles. The van der Waals surface area contributed by atoms with E-state index in [-0.39, 0.29) is 11.3 Å². The zero-order chi connectivity index (χ0) is 14.8. The Hall–Kier alpha value is -2.16. The number of aromatic nitrogens is 1. The molecule has 0 bridgehead atoms. The molecule has 0 atom stereocenters. The van der Waals surface area contributed by atoms with Gasteiger partial charge in [0.25, 0.3) is 5.91 Å². The van der Waals surface area contributed by atoms with Crippen molar-refractivity contribution >= 4 is 5.91 Å². The maximum absolute atomic E-state index is 11.6. The molecule has 3 nitrogen and oxygen atoms in total. The number of benzene rings is 1. The van der Waals surface area contributed by atoms with Gasteiger partial charge in [0.15, 0.2) is 0 Å². The third-order valence-corrected chi connectivity index (χ3v) is 3.31. The van der Waals surface area contributed by atoms with E-state index in [2.05, 4.69) is 55.3 Å². The molecule has 104 valence electrons. The van der Waals surface area contributed by atoms with Gasteiger partial charge in [0.05, 0.1) is 5.56 Å². The lowest BCUT2D eigenvalue weighted by Crippen LogP contribution is -2.17. The number of rotatable bonds is 2. The highest BCUT2D eigenvalue weighted by Gasteiger charge is 2.13. The molecule has 1 aromatic carbocycles. The first-order valence-electron chi connectivity index (χ1n) is 6.70. The molecule has 1 N–H and O–H groups in total. The van der Waals surface area contributed by atoms with Crippen LogP contribution in [0.4, 0.5) is 0 Å². The maximum Gasteiger partial charge on any atom is 0.252 e. The molecular weight excluding hydrogens is 248 g/mol. The second kappa shape index (κ2) is 5.45. The Morgan fingerprint density at radius 2 is 1.70 bits per heavy atom. The Labute approximate surface area is 120 Å². The highest BCUT2D eigenvalue weighted by Crippen LogP contribution is 2.26. The van der Waals surface area contributed by atoms with Gasteiger partial charge in [-0.3, -0.25) is 9.78 Å². The van der Waals surface area contributed by atoms with Crippen LogP contribution in [-0.4, -0.2) is 17.9 Å². The summed E-state index contributed by atoms with van der Waals surface area (Å²) in [4.78, 5) is 15.8. The minimum atomic E-state index is -0.120. The van der Waals surface area contributed by atoms with E-state index in [0.29, 0.717) is 5.56 Å². The summed E-state index contributed by atoms with van der Waals surface area (Å²) >= 11 is 0. The lowest BCUT2D eigenvalue weighted by Gasteiger charge is -2.19. The van der Waals surface area contributed by atoms with Crippen molar-refractivity contribution in [2.45, 2.75) is 26.2 Å². The predicted octanol–water partition coefficient (Wildman–Crippen LogP) is 3.41. The number of nitrogens with one attached hydrogen (secondary N) is 1. The fourth-order valence-corrected chi connectivity index (χ4v) is 2.03. The van der Waals surface area contributed by atoms with Gasteiger partial charge in [-0.15, -0.1) is 0 Å². The zero-order valence-corrected chi connectivity index (χ0v) is 12.4. The Morgan fingerprint density at radius 3 is 2.25 bits per heavy atom. The first-order chi connectivity index (χ1) is 9.41. The van der Waals surface area contributed by atoms with Crippen LogP contribution in [0.5, 0.6) is 0 Å². The molecule has 3 heteroatoms. The monoisotopic (exact) mass is 268 g/mol. The summed E-state index contributed by atoms with van der Waals surface area (Å²) in [5.41, 5.74) is 4.02. The molecular formula is C17H20N2O. The summed E-state index contributed by atoms with van der Waals surface area (Å²) in [6, 6.07) is 10.3. The smallest absolute Gasteiger partial charge is 0.252 e. The van der Waals surface area contributed by atoms with Crippen molar-refractivity contribution in [3.8, 4) is 11.1 Å². The minimum absolute atomic E-state index is 0.120. The van der Waals surface area contributed by atoms with Crippen molar-refractivity contribution in [1.29, 1.82) is 0 Å². The van der Waals surface area contributed by atoms with Crippen molar-refractivity contribution < 1.29 is 4.79 Å². The summed E-state index contributed by atoms with van der Waals surface area (Å²) < 4.78 is 0. The molecule has 0 spiro atoms. The molecule has 1 amide bonds. The van der Waals surface area contributed by atoms with Gasteiger partial charge in [-0.1, -0.05) is 45.0 Å². The molecule has 0 aliphatic rings. The number of hydrogen-bond acceptors (Lipinski definition) is 2. The van der Waals surface area contributed by atoms with E-state index in [1.165, 1.54) is 5.56 Å². The van der Waals surface area contributed by atoms with E-state index in [0.717, 1.165) is 11.1 Å². The lowest BCUT2D eigenvalue weighted by atomic mass is 9.86. The average molecular weight is 268 g/mol. The van der Waals surface area contributed by atoms with E-state index < -0.39 is 0 Å². The molecule has 0 aliphatic carbocycles. The molecule has 2 rings (SSSR count). The van der Waals surface area contributed by atoms with Crippen molar-refractivity contribution in [2.75, 3.05) is 7.05 Å². The van der Waals surface area contributed by atoms with Crippen LogP contribution in [0.15, 0.2) is 42.7 Å². The predicted molar refractivity (Wildman–Crippen MR) is 81.8 cm³/mol. The van der Waals surface area contributed by atoms with Gasteiger partial charge < -0.3 is 5.32 Å². The van der Waals surface area contributed by atoms with Crippen LogP contribution in [-0.2, 0) is 5.41 Å². The lowest BCUT2D eigenvalue weighted by molar-refractivity contribution is 0.0963. The van der Waals surface area contributed by atoms with E-state index in [1.54, 1.807) is 19.4 Å². The Bertz CT molecular complexity index is 610. The number of carbonyl (C=O) groups is 1. The Morgan fingerprint density at radius 1 is 1.05 bits per heavy atom. The van der Waals surface area contributed by atoms with Crippen LogP contribution in [0.2, 0.25) is 0 Å². The molecule has 0 aliphatic heterocycles. The summed E-state index contributed by atoms with van der Waals surface area (Å²) in [6.07, 6.45) is 3.35. The second-order valence-corrected chi connectivity index (χ2v) is 5.87. The number of nitrogens with zero attached hydrogens (tertiary/aromatic N) is 1. The number of amides is 1. The molecule has 0 unspecified atom stereocenters. The van der Waals surface area contributed by atoms with Crippen LogP contribution < -0.4 is 5.32 Å². The highest BCUT2D eigenvalue weighted by atomic mass is 16.1. The van der Waals surface area contributed by atoms with Crippen LogP contribution in [0.3, 0.4) is 0 Å². The molecule has 0 fully saturated rings. The number of pyridine rings is 1. The van der Waals surface area contributed by atoms with Gasteiger partial charge in [-0.25, -0.2) is 0 Å². The first-order valence-corrected chi connectivity index (χ1v) is 6.70. The second-order valence-electron chi connectivity index (χ2n) is 5.87. The molecule has 0 saturated heterocycles. The Balaban J connectivity index is 2.35. The Kier molecular flexibility index (Phi) is 3.89. The van der Waals surface area contributed by atoms with Gasteiger partial charge in [0.2, 0.25) is 0 Å².